The van der Waals surface area contributed by atoms with Crippen molar-refractivity contribution in [1.29, 1.82) is 0 Å². The lowest BCUT2D eigenvalue weighted by Crippen LogP contribution is -2.34. The fourth-order valence-electron chi connectivity index (χ4n) is 1.47. The normalized spacial score (nSPS) is 13.3. The third-order valence-electron chi connectivity index (χ3n) is 2.93. The summed E-state index contributed by atoms with van der Waals surface area (Å²) in [4.78, 5) is 6.81. The van der Waals surface area contributed by atoms with Crippen LogP contribution >= 0.6 is 11.3 Å². The van der Waals surface area contributed by atoms with Crippen LogP contribution in [0.2, 0.25) is 0 Å². The van der Waals surface area contributed by atoms with Crippen molar-refractivity contribution in [3.8, 4) is 0 Å². The highest BCUT2D eigenvalue weighted by Gasteiger charge is 2.05. The SMILES string of the molecule is CCC(C)N(C)CCNCc1nc(C)cs1. The van der Waals surface area contributed by atoms with Crippen molar-refractivity contribution < 1.29 is 0 Å². The van der Waals surface area contributed by atoms with Crippen molar-refractivity contribution in [2.24, 2.45) is 0 Å². The van der Waals surface area contributed by atoms with E-state index in [-0.39, 0.29) is 0 Å². The molecule has 1 N–H and O–H groups in total. The molecule has 0 aromatic carbocycles. The molecule has 0 radical (unpaired) electrons. The summed E-state index contributed by atoms with van der Waals surface area (Å²) >= 11 is 1.73. The monoisotopic (exact) mass is 241 g/mol. The van der Waals surface area contributed by atoms with E-state index in [9.17, 15) is 0 Å². The topological polar surface area (TPSA) is 28.2 Å². The van der Waals surface area contributed by atoms with Crippen LogP contribution in [0, 0.1) is 6.92 Å². The molecule has 0 aliphatic carbocycles. The Morgan fingerprint density at radius 3 is 2.88 bits per heavy atom. The van der Waals surface area contributed by atoms with E-state index in [1.165, 1.54) is 11.4 Å². The van der Waals surface area contributed by atoms with Crippen molar-refractivity contribution in [3.63, 3.8) is 0 Å². The number of hydrogen-bond donors (Lipinski definition) is 1. The predicted molar refractivity (Wildman–Crippen MR) is 70.9 cm³/mol. The second-order valence-electron chi connectivity index (χ2n) is 4.30. The number of rotatable bonds is 7. The molecule has 1 rings (SSSR count). The summed E-state index contributed by atoms with van der Waals surface area (Å²) in [6, 6.07) is 0.670. The molecule has 0 aliphatic rings. The number of aryl methyl sites for hydroxylation is 1. The Hall–Kier alpha value is -0.450. The Kier molecular flexibility index (Phi) is 5.95. The van der Waals surface area contributed by atoms with Crippen molar-refractivity contribution in [2.45, 2.75) is 39.8 Å². The van der Waals surface area contributed by atoms with Crippen LogP contribution in [0.4, 0.5) is 0 Å². The minimum atomic E-state index is 0.670. The van der Waals surface area contributed by atoms with Crippen LogP contribution < -0.4 is 5.32 Å². The standard InChI is InChI=1S/C12H23N3S/c1-5-11(3)15(4)7-6-13-8-12-14-10(2)9-16-12/h9,11,13H,5-8H2,1-4H3. The van der Waals surface area contributed by atoms with Gasteiger partial charge in [-0.2, -0.15) is 0 Å². The van der Waals surface area contributed by atoms with E-state index in [1.54, 1.807) is 11.3 Å². The van der Waals surface area contributed by atoms with E-state index in [0.29, 0.717) is 6.04 Å². The molecule has 1 heterocycles. The third-order valence-corrected chi connectivity index (χ3v) is 3.89. The number of hydrogen-bond acceptors (Lipinski definition) is 4. The molecule has 3 nitrogen and oxygen atoms in total. The largest absolute Gasteiger partial charge is 0.309 e. The number of nitrogens with zero attached hydrogens (tertiary/aromatic N) is 2. The molecule has 16 heavy (non-hydrogen) atoms. The van der Waals surface area contributed by atoms with Gasteiger partial charge in [0.05, 0.1) is 0 Å². The second kappa shape index (κ2) is 6.99. The molecule has 0 fully saturated rings. The maximum atomic E-state index is 4.42. The second-order valence-corrected chi connectivity index (χ2v) is 5.24. The first-order chi connectivity index (χ1) is 7.63. The summed E-state index contributed by atoms with van der Waals surface area (Å²) in [6.45, 7) is 9.56. The maximum absolute atomic E-state index is 4.42. The zero-order valence-corrected chi connectivity index (χ0v) is 11.6. The molecular weight excluding hydrogens is 218 g/mol. The molecule has 0 bridgehead atoms. The molecule has 0 saturated carbocycles. The highest BCUT2D eigenvalue weighted by Crippen LogP contribution is 2.07. The molecule has 1 atom stereocenters. The van der Waals surface area contributed by atoms with Crippen molar-refractivity contribution in [1.82, 2.24) is 15.2 Å². The Morgan fingerprint density at radius 2 is 2.31 bits per heavy atom. The first-order valence-corrected chi connectivity index (χ1v) is 6.83. The summed E-state index contributed by atoms with van der Waals surface area (Å²) in [7, 11) is 2.18. The van der Waals surface area contributed by atoms with Crippen LogP contribution in [0.1, 0.15) is 31.0 Å². The zero-order valence-electron chi connectivity index (χ0n) is 10.8. The number of nitrogens with one attached hydrogen (secondary N) is 1. The van der Waals surface area contributed by atoms with Crippen molar-refractivity contribution >= 4 is 11.3 Å². The van der Waals surface area contributed by atoms with Gasteiger partial charge in [-0.25, -0.2) is 4.98 Å². The fourth-order valence-corrected chi connectivity index (χ4v) is 2.21. The molecule has 1 unspecified atom stereocenters. The van der Waals surface area contributed by atoms with Gasteiger partial charge in [0.2, 0.25) is 0 Å². The fraction of sp³-hybridized carbons (Fsp3) is 0.750. The molecule has 0 amide bonds. The highest BCUT2D eigenvalue weighted by molar-refractivity contribution is 7.09. The predicted octanol–water partition coefficient (Wildman–Crippen LogP) is 2.27. The summed E-state index contributed by atoms with van der Waals surface area (Å²) < 4.78 is 0. The average Bonchev–Trinajstić information content (AvgIpc) is 2.69. The van der Waals surface area contributed by atoms with E-state index in [2.05, 4.69) is 41.5 Å². The maximum Gasteiger partial charge on any atom is 0.107 e. The summed E-state index contributed by atoms with van der Waals surface area (Å²) in [5, 5.41) is 6.71. The lowest BCUT2D eigenvalue weighted by Gasteiger charge is -2.23. The lowest BCUT2D eigenvalue weighted by molar-refractivity contribution is 0.251. The molecule has 0 aliphatic heterocycles. The van der Waals surface area contributed by atoms with Gasteiger partial charge < -0.3 is 10.2 Å². The van der Waals surface area contributed by atoms with Gasteiger partial charge in [-0.1, -0.05) is 6.92 Å². The Labute approximate surface area is 103 Å². The smallest absolute Gasteiger partial charge is 0.107 e. The van der Waals surface area contributed by atoms with Gasteiger partial charge in [-0.05, 0) is 27.3 Å². The van der Waals surface area contributed by atoms with Gasteiger partial charge in [0.15, 0.2) is 0 Å². The van der Waals surface area contributed by atoms with Gasteiger partial charge in [0.25, 0.3) is 0 Å². The van der Waals surface area contributed by atoms with Crippen molar-refractivity contribution in [2.75, 3.05) is 20.1 Å². The van der Waals surface area contributed by atoms with E-state index in [0.717, 1.165) is 25.3 Å². The average molecular weight is 241 g/mol. The van der Waals surface area contributed by atoms with E-state index >= 15 is 0 Å². The number of thiazole rings is 1. The Bertz CT molecular complexity index is 298. The minimum absolute atomic E-state index is 0.670. The number of likely N-dealkylation sites (N-methyl/N-ethyl adjacent to an activating group) is 1. The van der Waals surface area contributed by atoms with Crippen LogP contribution in [-0.2, 0) is 6.54 Å². The minimum Gasteiger partial charge on any atom is -0.309 e. The van der Waals surface area contributed by atoms with Gasteiger partial charge in [-0.3, -0.25) is 0 Å². The van der Waals surface area contributed by atoms with Gasteiger partial charge in [0.1, 0.15) is 5.01 Å². The van der Waals surface area contributed by atoms with Crippen LogP contribution in [-0.4, -0.2) is 36.1 Å². The lowest BCUT2D eigenvalue weighted by atomic mass is 10.2. The van der Waals surface area contributed by atoms with E-state index in [4.69, 9.17) is 0 Å². The zero-order chi connectivity index (χ0) is 12.0. The van der Waals surface area contributed by atoms with Crippen LogP contribution in [0.25, 0.3) is 0 Å². The van der Waals surface area contributed by atoms with Gasteiger partial charge in [-0.15, -0.1) is 11.3 Å². The number of aromatic nitrogens is 1. The van der Waals surface area contributed by atoms with Crippen LogP contribution in [0.5, 0.6) is 0 Å². The summed E-state index contributed by atoms with van der Waals surface area (Å²) in [6.07, 6.45) is 1.21. The highest BCUT2D eigenvalue weighted by atomic mass is 32.1. The molecule has 4 heteroatoms. The van der Waals surface area contributed by atoms with Gasteiger partial charge in [0, 0.05) is 36.8 Å². The van der Waals surface area contributed by atoms with E-state index < -0.39 is 0 Å². The molecule has 1 aromatic heterocycles. The van der Waals surface area contributed by atoms with Crippen molar-refractivity contribution in [3.05, 3.63) is 16.1 Å². The summed E-state index contributed by atoms with van der Waals surface area (Å²) in [5.74, 6) is 0. The van der Waals surface area contributed by atoms with Crippen LogP contribution in [0.15, 0.2) is 5.38 Å². The molecule has 0 saturated heterocycles. The molecular formula is C12H23N3S. The van der Waals surface area contributed by atoms with Crippen LogP contribution in [0.3, 0.4) is 0 Å². The quantitative estimate of drug-likeness (QED) is 0.742. The first kappa shape index (κ1) is 13.6. The van der Waals surface area contributed by atoms with Gasteiger partial charge >= 0.3 is 0 Å². The third kappa shape index (κ3) is 4.60. The molecule has 1 aromatic rings. The molecule has 0 spiro atoms. The Morgan fingerprint density at radius 1 is 1.56 bits per heavy atom. The first-order valence-electron chi connectivity index (χ1n) is 5.95. The summed E-state index contributed by atoms with van der Waals surface area (Å²) in [5.41, 5.74) is 1.12. The molecule has 92 valence electrons. The van der Waals surface area contributed by atoms with E-state index in [1.807, 2.05) is 6.92 Å². The Balaban J connectivity index is 2.12.